The molecule has 3 aromatic rings. The Hall–Kier alpha value is -3.99. The van der Waals surface area contributed by atoms with Crippen molar-refractivity contribution in [1.82, 2.24) is 41.8 Å². The van der Waals surface area contributed by atoms with Crippen LogP contribution in [0.15, 0.2) is 60.3 Å². The second-order valence-corrected chi connectivity index (χ2v) is 11.5. The highest BCUT2D eigenvalue weighted by molar-refractivity contribution is 6.36. The Morgan fingerprint density at radius 1 is 1.07 bits per heavy atom. The Balaban J connectivity index is 1.34. The fraction of sp³-hybridized carbons (Fsp3) is 0.310. The van der Waals surface area contributed by atoms with Crippen LogP contribution in [0.3, 0.4) is 0 Å². The smallest absolute Gasteiger partial charge is 0.141 e. The number of anilines is 3. The Morgan fingerprint density at radius 3 is 2.51 bits per heavy atom. The first kappa shape index (κ1) is 29.1. The molecule has 0 aliphatic carbocycles. The number of fused-ring (bicyclic) bond motifs is 1. The van der Waals surface area contributed by atoms with Crippen molar-refractivity contribution in [3.63, 3.8) is 0 Å². The summed E-state index contributed by atoms with van der Waals surface area (Å²) in [5.74, 6) is -0.530. The summed E-state index contributed by atoms with van der Waals surface area (Å²) in [6.07, 6.45) is 7.67. The molecule has 1 saturated heterocycles. The molecule has 2 aromatic carbocycles. The summed E-state index contributed by atoms with van der Waals surface area (Å²) in [5.41, 5.74) is 17.3. The van der Waals surface area contributed by atoms with E-state index in [2.05, 4.69) is 66.6 Å². The molecule has 3 aliphatic heterocycles. The number of hydrogen-bond donors (Lipinski definition) is 6. The van der Waals surface area contributed by atoms with Crippen LogP contribution in [0.4, 0.5) is 21.5 Å². The third-order valence-corrected chi connectivity index (χ3v) is 8.46. The first-order valence-corrected chi connectivity index (χ1v) is 14.8. The number of hydrogen-bond acceptors (Lipinski definition) is 11. The number of piperidine rings is 1. The van der Waals surface area contributed by atoms with Crippen LogP contribution in [0, 0.1) is 17.1 Å². The maximum absolute atomic E-state index is 13.8. The van der Waals surface area contributed by atoms with Crippen molar-refractivity contribution < 1.29 is 4.39 Å². The van der Waals surface area contributed by atoms with Crippen LogP contribution >= 0.6 is 23.2 Å². The summed E-state index contributed by atoms with van der Waals surface area (Å²) in [5, 5.41) is 21.7. The summed E-state index contributed by atoms with van der Waals surface area (Å²) in [4.78, 5) is 6.92. The summed E-state index contributed by atoms with van der Waals surface area (Å²) >= 11 is 12.8. The first-order valence-electron chi connectivity index (χ1n) is 14.0. The molecule has 4 heterocycles. The van der Waals surface area contributed by atoms with Gasteiger partial charge in [-0.3, -0.25) is 15.0 Å². The Bertz CT molecular complexity index is 1630. The lowest BCUT2D eigenvalue weighted by atomic mass is 10.0. The van der Waals surface area contributed by atoms with E-state index in [1.165, 1.54) is 18.3 Å². The Labute approximate surface area is 259 Å². The fourth-order valence-corrected chi connectivity index (χ4v) is 5.99. The van der Waals surface area contributed by atoms with Gasteiger partial charge in [0.1, 0.15) is 17.9 Å². The topological polar surface area (TPSA) is 119 Å². The fourth-order valence-electron chi connectivity index (χ4n) is 5.54. The van der Waals surface area contributed by atoms with Gasteiger partial charge in [-0.15, -0.1) is 11.1 Å². The van der Waals surface area contributed by atoms with Crippen LogP contribution in [0.1, 0.15) is 25.3 Å². The van der Waals surface area contributed by atoms with Crippen LogP contribution in [-0.2, 0) is 0 Å². The van der Waals surface area contributed by atoms with Crippen molar-refractivity contribution >= 4 is 51.2 Å². The van der Waals surface area contributed by atoms with E-state index in [0.29, 0.717) is 44.6 Å². The highest BCUT2D eigenvalue weighted by atomic mass is 35.5. The number of benzene rings is 2. The zero-order chi connectivity index (χ0) is 30.1. The molecule has 1 fully saturated rings. The maximum atomic E-state index is 13.8. The molecule has 0 spiro atoms. The average Bonchev–Trinajstić information content (AvgIpc) is 3.68. The second kappa shape index (κ2) is 12.3. The number of nitrogens with zero attached hydrogens (tertiary/aromatic N) is 5. The molecular weight excluding hydrogens is 592 g/mol. The van der Waals surface area contributed by atoms with E-state index in [-0.39, 0.29) is 11.1 Å². The molecule has 6 rings (SSSR count). The van der Waals surface area contributed by atoms with E-state index in [1.807, 2.05) is 30.4 Å². The number of likely N-dealkylation sites (tertiary alicyclic amines) is 1. The van der Waals surface area contributed by atoms with Crippen molar-refractivity contribution in [2.24, 2.45) is 0 Å². The lowest BCUT2D eigenvalue weighted by Crippen LogP contribution is -2.49. The molecule has 0 amide bonds. The van der Waals surface area contributed by atoms with Gasteiger partial charge in [0, 0.05) is 61.5 Å². The molecule has 0 bridgehead atoms. The van der Waals surface area contributed by atoms with Gasteiger partial charge in [0.2, 0.25) is 0 Å². The summed E-state index contributed by atoms with van der Waals surface area (Å²) < 4.78 is 13.8. The quantitative estimate of drug-likeness (QED) is 0.212. The van der Waals surface area contributed by atoms with Gasteiger partial charge >= 0.3 is 0 Å². The molecule has 1 aromatic heterocycles. The SMILES string of the molecule is CCN1CCC(N2C=C(C(Nc3cc(Cl)c4ncc(C#N)c(Nc5ccc(F)c(Cl)c5)c4c3)C3=CN(C)NN3)NN2)CC1. The lowest BCUT2D eigenvalue weighted by Gasteiger charge is -2.35. The average molecular weight is 625 g/mol. The van der Waals surface area contributed by atoms with E-state index in [4.69, 9.17) is 23.2 Å². The third-order valence-electron chi connectivity index (χ3n) is 7.88. The summed E-state index contributed by atoms with van der Waals surface area (Å²) in [6, 6.07) is 10.2. The van der Waals surface area contributed by atoms with Crippen molar-refractivity contribution in [1.29, 1.82) is 5.26 Å². The van der Waals surface area contributed by atoms with E-state index in [0.717, 1.165) is 43.9 Å². The highest BCUT2D eigenvalue weighted by Crippen LogP contribution is 2.36. The molecule has 6 N–H and O–H groups in total. The van der Waals surface area contributed by atoms with Gasteiger partial charge in [-0.1, -0.05) is 30.1 Å². The normalized spacial score (nSPS) is 18.1. The Morgan fingerprint density at radius 2 is 1.81 bits per heavy atom. The van der Waals surface area contributed by atoms with Gasteiger partial charge in [-0.25, -0.2) is 4.39 Å². The number of hydrazine groups is 4. The van der Waals surface area contributed by atoms with Gasteiger partial charge < -0.3 is 26.4 Å². The van der Waals surface area contributed by atoms with E-state index < -0.39 is 5.82 Å². The van der Waals surface area contributed by atoms with Gasteiger partial charge in [-0.2, -0.15) is 5.26 Å². The second-order valence-electron chi connectivity index (χ2n) is 10.7. The number of pyridine rings is 1. The van der Waals surface area contributed by atoms with Crippen molar-refractivity contribution in [3.8, 4) is 6.07 Å². The summed E-state index contributed by atoms with van der Waals surface area (Å²) in [6.45, 7) is 5.41. The van der Waals surface area contributed by atoms with Gasteiger partial charge in [0.25, 0.3) is 0 Å². The third kappa shape index (κ3) is 6.08. The van der Waals surface area contributed by atoms with Crippen molar-refractivity contribution in [2.45, 2.75) is 31.8 Å². The van der Waals surface area contributed by atoms with Gasteiger partial charge in [-0.05, 0) is 49.7 Å². The monoisotopic (exact) mass is 623 g/mol. The largest absolute Gasteiger partial charge is 0.371 e. The predicted molar refractivity (Wildman–Crippen MR) is 167 cm³/mol. The first-order chi connectivity index (χ1) is 20.8. The minimum Gasteiger partial charge on any atom is -0.371 e. The number of nitrogens with one attached hydrogen (secondary N) is 6. The highest BCUT2D eigenvalue weighted by Gasteiger charge is 2.31. The van der Waals surface area contributed by atoms with Gasteiger partial charge in [0.05, 0.1) is 38.2 Å². The number of nitriles is 1. The van der Waals surface area contributed by atoms with Gasteiger partial charge in [0.15, 0.2) is 0 Å². The standard InChI is InChI=1S/C29H32Cl2FN11/c1-3-42-8-6-20(7-9-42)43-16-26(38-40-43)29(25-15-41(2)39-37-25)36-19-10-21-27(35-18-4-5-24(32)22(30)11-18)17(13-33)14-34-28(21)23(31)12-19/h4-5,10-12,14-16,20,29,36-40H,3,6-9H2,1-2H3,(H,34,35). The molecule has 1 unspecified atom stereocenters. The molecule has 0 saturated carbocycles. The summed E-state index contributed by atoms with van der Waals surface area (Å²) in [7, 11) is 1.90. The lowest BCUT2D eigenvalue weighted by molar-refractivity contribution is 0.112. The molecule has 224 valence electrons. The molecule has 0 radical (unpaired) electrons. The molecule has 43 heavy (non-hydrogen) atoms. The zero-order valence-corrected chi connectivity index (χ0v) is 25.2. The molecule has 3 aliphatic rings. The minimum absolute atomic E-state index is 0.0306. The zero-order valence-electron chi connectivity index (χ0n) is 23.7. The van der Waals surface area contributed by atoms with Crippen molar-refractivity contribution in [3.05, 3.63) is 81.7 Å². The maximum Gasteiger partial charge on any atom is 0.141 e. The van der Waals surface area contributed by atoms with Crippen LogP contribution in [0.5, 0.6) is 0 Å². The van der Waals surface area contributed by atoms with E-state index in [9.17, 15) is 9.65 Å². The van der Waals surface area contributed by atoms with Crippen molar-refractivity contribution in [2.75, 3.05) is 37.3 Å². The number of rotatable bonds is 8. The van der Waals surface area contributed by atoms with Crippen LogP contribution in [-0.4, -0.2) is 58.7 Å². The predicted octanol–water partition coefficient (Wildman–Crippen LogP) is 4.52. The molecule has 14 heteroatoms. The van der Waals surface area contributed by atoms with E-state index >= 15 is 0 Å². The Kier molecular flexibility index (Phi) is 8.34. The van der Waals surface area contributed by atoms with Crippen LogP contribution in [0.2, 0.25) is 10.0 Å². The number of halogens is 3. The minimum atomic E-state index is -0.530. The van der Waals surface area contributed by atoms with Crippen LogP contribution < -0.4 is 32.6 Å². The molecule has 1 atom stereocenters. The molecular formula is C29H32Cl2FN11. The molecule has 11 nitrogen and oxygen atoms in total. The number of aromatic nitrogens is 1. The van der Waals surface area contributed by atoms with Crippen LogP contribution in [0.25, 0.3) is 10.9 Å². The van der Waals surface area contributed by atoms with E-state index in [1.54, 1.807) is 6.07 Å².